The number of carbonyl (C=O) groups excluding carboxylic acids is 2. The first kappa shape index (κ1) is 66.1. The van der Waals surface area contributed by atoms with Crippen LogP contribution in [-0.2, 0) is 33.3 Å². The number of esters is 2. The summed E-state index contributed by atoms with van der Waals surface area (Å²) >= 11 is 0. The molecule has 2 unspecified atom stereocenters. The summed E-state index contributed by atoms with van der Waals surface area (Å²) in [6.07, 6.45) is 3.45. The van der Waals surface area contributed by atoms with Crippen molar-refractivity contribution in [2.45, 2.75) is 189 Å². The van der Waals surface area contributed by atoms with Gasteiger partial charge in [-0.3, -0.25) is 4.79 Å². The van der Waals surface area contributed by atoms with Gasteiger partial charge < -0.3 is 106 Å². The highest BCUT2D eigenvalue weighted by molar-refractivity contribution is 5.89. The van der Waals surface area contributed by atoms with Crippen LogP contribution in [0.3, 0.4) is 0 Å². The van der Waals surface area contributed by atoms with Crippen LogP contribution in [0, 0.1) is 17.8 Å². The number of nitrogens with two attached hydrogens (primary N) is 1. The SMILES string of the molecule is C[C@@H]1[C@H](O)[C@@H](C)\C=C/C=C/C=C/C=C/C=C/C=C/C=C/[C@H](O[C@@H]2O[C@H](C)[C@@H](O)[C@H](N)[C@@H]2O)C[C@@H]2O[C@](O)(C[C@@H](O)C[C@@H](O)[C@H](O)CC[C@@H](O)C[C@@H](O)CC(=O)O[C@H]1C)C[C@H](O)[C@H]2CO.O=C1OC(C(O)CO)C(O)=C1O. The second kappa shape index (κ2) is 32.6. The van der Waals surface area contributed by atoms with Gasteiger partial charge in [-0.1, -0.05) is 98.9 Å². The highest BCUT2D eigenvalue weighted by Crippen LogP contribution is 2.38. The Balaban J connectivity index is 0.00000111. The van der Waals surface area contributed by atoms with Crippen LogP contribution in [0.4, 0.5) is 0 Å². The van der Waals surface area contributed by atoms with Crippen LogP contribution < -0.4 is 5.73 Å². The Labute approximate surface area is 442 Å². The Morgan fingerprint density at radius 2 is 1.25 bits per heavy atom. The molecule has 4 aliphatic heterocycles. The number of ether oxygens (including phenoxy) is 5. The van der Waals surface area contributed by atoms with Gasteiger partial charge in [0.2, 0.25) is 5.76 Å². The molecule has 0 aromatic heterocycles. The molecule has 4 heterocycles. The summed E-state index contributed by atoms with van der Waals surface area (Å²) in [5, 5.41) is 153. The molecular formula is C53H83NO22. The topological polar surface area (TPSA) is 410 Å². The van der Waals surface area contributed by atoms with E-state index in [-0.39, 0.29) is 31.6 Å². The summed E-state index contributed by atoms with van der Waals surface area (Å²) in [5.41, 5.74) is 6.04. The van der Waals surface area contributed by atoms with Crippen LogP contribution in [-0.4, -0.2) is 211 Å². The van der Waals surface area contributed by atoms with Crippen molar-refractivity contribution in [3.05, 3.63) is 96.6 Å². The molecule has 0 aromatic carbocycles. The third-order valence-corrected chi connectivity index (χ3v) is 13.6. The standard InChI is InChI=1S/C47H75NO16.C6H8O6/c1-28-17-15-13-11-9-7-5-6-8-10-12-14-16-18-35(63-46-45(59)42(48)44(58)31(4)62-46)24-40-36(27-49)39(55)26-47(60,64-40)25-34(52)22-38(54)37(53)20-19-32(50)21-33(51)23-41(56)61-30(3)29(2)43(28)57;7-1-2(8)5-3(9)4(10)6(11)12-5/h5-18,28-40,42-46,49-55,57-60H,19-27,48H2,1-4H3;2,5,7-10H,1H2/b6-5+,9-7+,10-8+,13-11+,14-12+,17-15-,18-16+;/t28-,29-,30-,31+,32+,33+,34-,35-,36+,37+,38+,39-,40-,42-,43+,44+,45-,46-,47+;/m0./s1. The molecule has 0 aromatic rings. The van der Waals surface area contributed by atoms with Crippen LogP contribution in [0.15, 0.2) is 96.6 Å². The van der Waals surface area contributed by atoms with E-state index in [1.54, 1.807) is 63.3 Å². The molecule has 2 saturated heterocycles. The molecule has 21 atom stereocenters. The van der Waals surface area contributed by atoms with Crippen molar-refractivity contribution >= 4 is 11.9 Å². The largest absolute Gasteiger partial charge is 0.505 e. The Hall–Kier alpha value is -4.22. The third kappa shape index (κ3) is 21.2. The van der Waals surface area contributed by atoms with E-state index in [1.165, 1.54) is 0 Å². The Bertz CT molecular complexity index is 2010. The van der Waals surface area contributed by atoms with Gasteiger partial charge in [0.05, 0.1) is 92.8 Å². The monoisotopic (exact) mass is 1090 g/mol. The highest BCUT2D eigenvalue weighted by atomic mass is 16.7. The number of hydrogen-bond acceptors (Lipinski definition) is 23. The van der Waals surface area contributed by atoms with Crippen molar-refractivity contribution in [1.82, 2.24) is 0 Å². The summed E-state index contributed by atoms with van der Waals surface area (Å²) in [6.45, 7) is 5.60. The smallest absolute Gasteiger partial charge is 0.377 e. The zero-order chi connectivity index (χ0) is 56.9. The van der Waals surface area contributed by atoms with Gasteiger partial charge in [0.1, 0.15) is 18.3 Å². The Kier molecular flexibility index (Phi) is 28.4. The molecule has 0 spiro atoms. The van der Waals surface area contributed by atoms with Gasteiger partial charge in [-0.05, 0) is 33.1 Å². The summed E-state index contributed by atoms with van der Waals surface area (Å²) in [5.74, 6) is -7.28. The Morgan fingerprint density at radius 1 is 0.671 bits per heavy atom. The fraction of sp³-hybridized carbons (Fsp3) is 0.660. The second-order valence-corrected chi connectivity index (χ2v) is 19.9. The highest BCUT2D eigenvalue weighted by Gasteiger charge is 2.48. The van der Waals surface area contributed by atoms with Crippen LogP contribution in [0.5, 0.6) is 0 Å². The minimum Gasteiger partial charge on any atom is -0.505 e. The number of aliphatic hydroxyl groups is 15. The molecule has 4 rings (SSSR count). The van der Waals surface area contributed by atoms with Crippen molar-refractivity contribution in [1.29, 1.82) is 0 Å². The lowest BCUT2D eigenvalue weighted by molar-refractivity contribution is -0.312. The fourth-order valence-corrected chi connectivity index (χ4v) is 8.77. The number of cyclic esters (lactones) is 2. The van der Waals surface area contributed by atoms with Gasteiger partial charge in [-0.15, -0.1) is 0 Å². The van der Waals surface area contributed by atoms with Gasteiger partial charge in [0.25, 0.3) is 0 Å². The molecule has 0 saturated carbocycles. The lowest BCUT2D eigenvalue weighted by Crippen LogP contribution is -2.61. The number of hydrogen-bond donors (Lipinski definition) is 16. The summed E-state index contributed by atoms with van der Waals surface area (Å²) < 4.78 is 27.7. The second-order valence-electron chi connectivity index (χ2n) is 19.9. The molecule has 23 heteroatoms. The van der Waals surface area contributed by atoms with E-state index < -0.39 is 184 Å². The normalized spacial score (nSPS) is 42.9. The lowest BCUT2D eigenvalue weighted by Gasteiger charge is -2.46. The minimum absolute atomic E-state index is 0.0734. The summed E-state index contributed by atoms with van der Waals surface area (Å²) in [4.78, 5) is 23.1. The molecular weight excluding hydrogens is 1000 g/mol. The van der Waals surface area contributed by atoms with Crippen LogP contribution >= 0.6 is 0 Å². The van der Waals surface area contributed by atoms with E-state index in [2.05, 4.69) is 4.74 Å². The average Bonchev–Trinajstić information content (AvgIpc) is 3.61. The first-order chi connectivity index (χ1) is 35.8. The number of fused-ring (bicyclic) bond motifs is 2. The van der Waals surface area contributed by atoms with E-state index in [0.717, 1.165) is 0 Å². The maximum atomic E-state index is 12.6. The van der Waals surface area contributed by atoms with E-state index >= 15 is 0 Å². The predicted octanol–water partition coefficient (Wildman–Crippen LogP) is -0.788. The molecule has 2 fully saturated rings. The van der Waals surface area contributed by atoms with Gasteiger partial charge in [0.15, 0.2) is 23.9 Å². The van der Waals surface area contributed by atoms with Gasteiger partial charge in [0, 0.05) is 43.4 Å². The van der Waals surface area contributed by atoms with Crippen molar-refractivity contribution in [3.63, 3.8) is 0 Å². The van der Waals surface area contributed by atoms with Crippen molar-refractivity contribution in [2.75, 3.05) is 13.2 Å². The number of allylic oxidation sites excluding steroid dienone is 12. The molecule has 0 aliphatic carbocycles. The molecule has 76 heavy (non-hydrogen) atoms. The van der Waals surface area contributed by atoms with Crippen LogP contribution in [0.2, 0.25) is 0 Å². The zero-order valence-electron chi connectivity index (χ0n) is 43.3. The van der Waals surface area contributed by atoms with E-state index in [1.807, 2.05) is 49.5 Å². The Morgan fingerprint density at radius 3 is 1.80 bits per heavy atom. The molecule has 2 bridgehead atoms. The first-order valence-corrected chi connectivity index (χ1v) is 25.5. The maximum Gasteiger partial charge on any atom is 0.377 e. The quantitative estimate of drug-likeness (QED) is 0.150. The first-order valence-electron chi connectivity index (χ1n) is 25.5. The van der Waals surface area contributed by atoms with Crippen molar-refractivity contribution < 1.29 is 110 Å². The number of rotatable bonds is 5. The molecule has 17 N–H and O–H groups in total. The number of carbonyl (C=O) groups is 2. The van der Waals surface area contributed by atoms with Gasteiger partial charge in [-0.25, -0.2) is 4.79 Å². The van der Waals surface area contributed by atoms with E-state index in [4.69, 9.17) is 45.1 Å². The molecule has 0 amide bonds. The molecule has 432 valence electrons. The number of aliphatic hydroxyl groups excluding tert-OH is 14. The molecule has 4 aliphatic rings. The van der Waals surface area contributed by atoms with Crippen molar-refractivity contribution in [2.24, 2.45) is 23.5 Å². The van der Waals surface area contributed by atoms with E-state index in [9.17, 15) is 65.8 Å². The maximum absolute atomic E-state index is 12.6. The van der Waals surface area contributed by atoms with Crippen LogP contribution in [0.1, 0.15) is 79.1 Å². The third-order valence-electron chi connectivity index (χ3n) is 13.6. The van der Waals surface area contributed by atoms with Crippen LogP contribution in [0.25, 0.3) is 0 Å². The predicted molar refractivity (Wildman–Crippen MR) is 272 cm³/mol. The van der Waals surface area contributed by atoms with Crippen molar-refractivity contribution in [3.8, 4) is 0 Å². The summed E-state index contributed by atoms with van der Waals surface area (Å²) in [7, 11) is 0. The minimum atomic E-state index is -2.16. The zero-order valence-corrected chi connectivity index (χ0v) is 43.3. The molecule has 23 nitrogen and oxygen atoms in total. The lowest BCUT2D eigenvalue weighted by atomic mass is 9.83. The van der Waals surface area contributed by atoms with Gasteiger partial charge in [-0.2, -0.15) is 0 Å². The van der Waals surface area contributed by atoms with Gasteiger partial charge >= 0.3 is 11.9 Å². The molecule has 0 radical (unpaired) electrons. The fourth-order valence-electron chi connectivity index (χ4n) is 8.77. The van der Waals surface area contributed by atoms with E-state index in [0.29, 0.717) is 0 Å². The average molecular weight is 1090 g/mol. The summed E-state index contributed by atoms with van der Waals surface area (Å²) in [6, 6.07) is -1.09.